The first-order chi connectivity index (χ1) is 9.06. The highest BCUT2D eigenvalue weighted by Gasteiger charge is 2.30. The quantitative estimate of drug-likeness (QED) is 0.851. The van der Waals surface area contributed by atoms with E-state index in [1.165, 1.54) is 0 Å². The number of methoxy groups -OCH3 is 1. The molecule has 1 aromatic rings. The molecule has 0 heterocycles. The number of hydrogen-bond donors (Lipinski definition) is 1. The second-order valence-corrected chi connectivity index (χ2v) is 5.51. The Bertz CT molecular complexity index is 482. The number of rotatable bonds is 3. The van der Waals surface area contributed by atoms with E-state index in [2.05, 4.69) is 0 Å². The van der Waals surface area contributed by atoms with Crippen molar-refractivity contribution in [3.63, 3.8) is 0 Å². The largest absolute Gasteiger partial charge is 0.496 e. The molecule has 19 heavy (non-hydrogen) atoms. The molecule has 2 N–H and O–H groups in total. The van der Waals surface area contributed by atoms with Crippen LogP contribution >= 0.6 is 0 Å². The van der Waals surface area contributed by atoms with E-state index in [0.717, 1.165) is 36.8 Å². The van der Waals surface area contributed by atoms with Crippen LogP contribution in [0.1, 0.15) is 47.2 Å². The van der Waals surface area contributed by atoms with Gasteiger partial charge in [-0.05, 0) is 43.9 Å². The van der Waals surface area contributed by atoms with E-state index in [9.17, 15) is 4.79 Å². The van der Waals surface area contributed by atoms with Gasteiger partial charge in [0, 0.05) is 12.0 Å². The summed E-state index contributed by atoms with van der Waals surface area (Å²) < 4.78 is 5.44. The molecule has 1 saturated carbocycles. The van der Waals surface area contributed by atoms with E-state index in [4.69, 9.17) is 10.5 Å². The Morgan fingerprint density at radius 2 is 1.95 bits per heavy atom. The normalized spacial score (nSPS) is 23.2. The summed E-state index contributed by atoms with van der Waals surface area (Å²) in [5.41, 5.74) is 8.98. The van der Waals surface area contributed by atoms with Crippen molar-refractivity contribution in [1.29, 1.82) is 0 Å². The monoisotopic (exact) mass is 261 g/mol. The molecule has 2 rings (SSSR count). The van der Waals surface area contributed by atoms with Crippen molar-refractivity contribution >= 4 is 5.78 Å². The van der Waals surface area contributed by atoms with Crippen LogP contribution in [0.25, 0.3) is 0 Å². The third-order valence-electron chi connectivity index (χ3n) is 4.30. The van der Waals surface area contributed by atoms with Crippen molar-refractivity contribution in [2.75, 3.05) is 7.11 Å². The summed E-state index contributed by atoms with van der Waals surface area (Å²) in [6, 6.07) is 3.86. The first-order valence-electron chi connectivity index (χ1n) is 7.00. The second-order valence-electron chi connectivity index (χ2n) is 5.51. The lowest BCUT2D eigenvalue weighted by molar-refractivity contribution is 0.0868. The number of nitrogens with two attached hydrogens (primary N) is 1. The molecule has 3 heteroatoms. The molecule has 104 valence electrons. The second kappa shape index (κ2) is 5.74. The van der Waals surface area contributed by atoms with Crippen LogP contribution in [0.2, 0.25) is 0 Å². The van der Waals surface area contributed by atoms with Crippen LogP contribution in [0.4, 0.5) is 0 Å². The fraction of sp³-hybridized carbons (Fsp3) is 0.562. The van der Waals surface area contributed by atoms with Gasteiger partial charge < -0.3 is 10.5 Å². The first kappa shape index (κ1) is 14.1. The lowest BCUT2D eigenvalue weighted by Gasteiger charge is -2.28. The Morgan fingerprint density at radius 3 is 2.58 bits per heavy atom. The maximum Gasteiger partial charge on any atom is 0.171 e. The standard InChI is InChI=1S/C16H23NO2/c1-10-8-9-13(16(19-3)11(10)2)15(18)12-6-4-5-7-14(12)17/h8-9,12,14H,4-7,17H2,1-3H3. The van der Waals surface area contributed by atoms with Crippen LogP contribution in [0.15, 0.2) is 12.1 Å². The molecule has 3 nitrogen and oxygen atoms in total. The van der Waals surface area contributed by atoms with E-state index in [0.29, 0.717) is 11.3 Å². The number of ether oxygens (including phenoxy) is 1. The molecule has 0 spiro atoms. The molecule has 1 fully saturated rings. The Labute approximate surface area is 115 Å². The Kier molecular flexibility index (Phi) is 4.25. The SMILES string of the molecule is COc1c(C(=O)C2CCCCC2N)ccc(C)c1C. The van der Waals surface area contributed by atoms with E-state index < -0.39 is 0 Å². The predicted octanol–water partition coefficient (Wildman–Crippen LogP) is 3.01. The van der Waals surface area contributed by atoms with Crippen LogP contribution in [0.5, 0.6) is 5.75 Å². The Hall–Kier alpha value is -1.35. The zero-order valence-electron chi connectivity index (χ0n) is 12.0. The average Bonchev–Trinajstić information content (AvgIpc) is 2.41. The maximum atomic E-state index is 12.7. The van der Waals surface area contributed by atoms with Gasteiger partial charge in [0.25, 0.3) is 0 Å². The van der Waals surface area contributed by atoms with Crippen molar-refractivity contribution < 1.29 is 9.53 Å². The number of benzene rings is 1. The van der Waals surface area contributed by atoms with Gasteiger partial charge in [0.1, 0.15) is 5.75 Å². The van der Waals surface area contributed by atoms with Gasteiger partial charge in [-0.25, -0.2) is 0 Å². The summed E-state index contributed by atoms with van der Waals surface area (Å²) in [5, 5.41) is 0. The van der Waals surface area contributed by atoms with Gasteiger partial charge in [-0.1, -0.05) is 18.9 Å². The minimum Gasteiger partial charge on any atom is -0.496 e. The average molecular weight is 261 g/mol. The number of carbonyl (C=O) groups excluding carboxylic acids is 1. The summed E-state index contributed by atoms with van der Waals surface area (Å²) in [4.78, 5) is 12.7. The van der Waals surface area contributed by atoms with Crippen LogP contribution in [0.3, 0.4) is 0 Å². The molecule has 1 aliphatic rings. The lowest BCUT2D eigenvalue weighted by Crippen LogP contribution is -2.38. The topological polar surface area (TPSA) is 52.3 Å². The van der Waals surface area contributed by atoms with Crippen LogP contribution in [-0.4, -0.2) is 18.9 Å². The van der Waals surface area contributed by atoms with E-state index in [1.807, 2.05) is 26.0 Å². The summed E-state index contributed by atoms with van der Waals surface area (Å²) >= 11 is 0. The smallest absolute Gasteiger partial charge is 0.171 e. The van der Waals surface area contributed by atoms with Gasteiger partial charge in [-0.15, -0.1) is 0 Å². The molecule has 0 bridgehead atoms. The van der Waals surface area contributed by atoms with Crippen molar-refractivity contribution in [1.82, 2.24) is 0 Å². The lowest BCUT2D eigenvalue weighted by atomic mass is 9.80. The van der Waals surface area contributed by atoms with E-state index in [1.54, 1.807) is 7.11 Å². The van der Waals surface area contributed by atoms with Crippen LogP contribution in [-0.2, 0) is 0 Å². The summed E-state index contributed by atoms with van der Waals surface area (Å²) in [5.74, 6) is 0.805. The van der Waals surface area contributed by atoms with Crippen molar-refractivity contribution in [3.8, 4) is 5.75 Å². The highest BCUT2D eigenvalue weighted by molar-refractivity contribution is 6.01. The highest BCUT2D eigenvalue weighted by Crippen LogP contribution is 2.32. The summed E-state index contributed by atoms with van der Waals surface area (Å²) in [6.45, 7) is 4.02. The van der Waals surface area contributed by atoms with Gasteiger partial charge in [0.15, 0.2) is 5.78 Å². The zero-order valence-corrected chi connectivity index (χ0v) is 12.0. The Balaban J connectivity index is 2.35. The van der Waals surface area contributed by atoms with Gasteiger partial charge in [-0.3, -0.25) is 4.79 Å². The molecule has 0 amide bonds. The van der Waals surface area contributed by atoms with Crippen molar-refractivity contribution in [2.24, 2.45) is 11.7 Å². The van der Waals surface area contributed by atoms with Crippen LogP contribution in [0, 0.1) is 19.8 Å². The van der Waals surface area contributed by atoms with E-state index >= 15 is 0 Å². The molecule has 0 aliphatic heterocycles. The molecule has 0 radical (unpaired) electrons. The van der Waals surface area contributed by atoms with Crippen LogP contribution < -0.4 is 10.5 Å². The van der Waals surface area contributed by atoms with Gasteiger partial charge in [0.05, 0.1) is 12.7 Å². The van der Waals surface area contributed by atoms with Gasteiger partial charge in [0.2, 0.25) is 0 Å². The number of ketones is 1. The first-order valence-corrected chi connectivity index (χ1v) is 7.00. The maximum absolute atomic E-state index is 12.7. The molecule has 1 aromatic carbocycles. The molecular weight excluding hydrogens is 238 g/mol. The molecule has 1 aliphatic carbocycles. The third kappa shape index (κ3) is 2.66. The Morgan fingerprint density at radius 1 is 1.26 bits per heavy atom. The zero-order chi connectivity index (χ0) is 14.0. The number of hydrogen-bond acceptors (Lipinski definition) is 3. The summed E-state index contributed by atoms with van der Waals surface area (Å²) in [6.07, 6.45) is 4.08. The van der Waals surface area contributed by atoms with E-state index in [-0.39, 0.29) is 17.7 Å². The molecule has 0 saturated heterocycles. The minimum atomic E-state index is -0.0512. The highest BCUT2D eigenvalue weighted by atomic mass is 16.5. The van der Waals surface area contributed by atoms with Gasteiger partial charge in [-0.2, -0.15) is 0 Å². The third-order valence-corrected chi connectivity index (χ3v) is 4.30. The molecule has 2 unspecified atom stereocenters. The predicted molar refractivity (Wildman–Crippen MR) is 76.7 cm³/mol. The van der Waals surface area contributed by atoms with Gasteiger partial charge >= 0.3 is 0 Å². The van der Waals surface area contributed by atoms with Crippen molar-refractivity contribution in [3.05, 3.63) is 28.8 Å². The number of Topliss-reactive ketones (excluding diaryl/α,β-unsaturated/α-hetero) is 1. The fourth-order valence-corrected chi connectivity index (χ4v) is 2.93. The fourth-order valence-electron chi connectivity index (χ4n) is 2.93. The van der Waals surface area contributed by atoms with Crippen molar-refractivity contribution in [2.45, 2.75) is 45.6 Å². The number of carbonyl (C=O) groups is 1. The molecular formula is C16H23NO2. The molecule has 2 atom stereocenters. The number of aryl methyl sites for hydroxylation is 1. The minimum absolute atomic E-state index is 0.00688. The summed E-state index contributed by atoms with van der Waals surface area (Å²) in [7, 11) is 1.62. The molecule has 0 aromatic heterocycles.